The fraction of sp³-hybridized carbons (Fsp3) is 0.250. The number of hydrogen-bond acceptors (Lipinski definition) is 5. The van der Waals surface area contributed by atoms with Gasteiger partial charge in [-0.25, -0.2) is 17.5 Å². The second kappa shape index (κ2) is 5.70. The maximum absolute atomic E-state index is 13.8. The third-order valence-electron chi connectivity index (χ3n) is 2.63. The zero-order valence-corrected chi connectivity index (χ0v) is 11.6. The molecule has 0 spiro atoms. The van der Waals surface area contributed by atoms with Crippen molar-refractivity contribution in [2.75, 3.05) is 0 Å². The number of hydrogen-bond donors (Lipinski definition) is 2. The highest BCUT2D eigenvalue weighted by molar-refractivity contribution is 7.89. The number of aromatic nitrogens is 1. The van der Waals surface area contributed by atoms with Crippen LogP contribution in [-0.4, -0.2) is 13.6 Å². The van der Waals surface area contributed by atoms with Crippen molar-refractivity contribution < 1.29 is 17.3 Å². The molecule has 1 aromatic heterocycles. The van der Waals surface area contributed by atoms with Gasteiger partial charge in [0.1, 0.15) is 10.7 Å². The Morgan fingerprint density at radius 2 is 2.15 bits per heavy atom. The Bertz CT molecular complexity index is 712. The zero-order chi connectivity index (χ0) is 14.8. The molecule has 0 aliphatic carbocycles. The average Bonchev–Trinajstić information content (AvgIpc) is 2.82. The quantitative estimate of drug-likeness (QED) is 0.860. The molecule has 1 aromatic carbocycles. The first-order valence-corrected chi connectivity index (χ1v) is 7.31. The van der Waals surface area contributed by atoms with Crippen LogP contribution in [0.25, 0.3) is 0 Å². The summed E-state index contributed by atoms with van der Waals surface area (Å²) in [6.45, 7) is 1.76. The molecule has 0 saturated heterocycles. The Balaban J connectivity index is 2.18. The summed E-state index contributed by atoms with van der Waals surface area (Å²) in [5, 5.41) is 3.63. The summed E-state index contributed by atoms with van der Waals surface area (Å²) < 4.78 is 44.9. The van der Waals surface area contributed by atoms with Crippen molar-refractivity contribution >= 4 is 10.0 Å². The lowest BCUT2D eigenvalue weighted by Crippen LogP contribution is -2.24. The van der Waals surface area contributed by atoms with Crippen molar-refractivity contribution in [2.45, 2.75) is 24.9 Å². The Kier molecular flexibility index (Phi) is 4.17. The summed E-state index contributed by atoms with van der Waals surface area (Å²) in [7, 11) is -3.96. The normalized spacial score (nSPS) is 11.8. The van der Waals surface area contributed by atoms with E-state index in [4.69, 9.17) is 10.3 Å². The van der Waals surface area contributed by atoms with Gasteiger partial charge in [0, 0.05) is 12.6 Å². The molecule has 3 N–H and O–H groups in total. The fourth-order valence-electron chi connectivity index (χ4n) is 1.63. The van der Waals surface area contributed by atoms with Gasteiger partial charge in [-0.2, -0.15) is 0 Å². The minimum atomic E-state index is -3.96. The number of nitrogens with two attached hydrogens (primary N) is 1. The topological polar surface area (TPSA) is 98.2 Å². The van der Waals surface area contributed by atoms with Gasteiger partial charge in [0.2, 0.25) is 10.0 Å². The lowest BCUT2D eigenvalue weighted by Gasteiger charge is -2.07. The van der Waals surface area contributed by atoms with Gasteiger partial charge in [-0.3, -0.25) is 0 Å². The largest absolute Gasteiger partial charge is 0.360 e. The third-order valence-corrected chi connectivity index (χ3v) is 4.07. The standard InChI is InChI=1S/C12H14FN3O3S/c1-8-4-10(19-16-8)7-15-20(17,18)12-3-2-9(6-14)5-11(12)13/h2-5,15H,6-7,14H2,1H3. The number of halogens is 1. The highest BCUT2D eigenvalue weighted by Gasteiger charge is 2.19. The molecule has 8 heteroatoms. The maximum atomic E-state index is 13.8. The molecule has 108 valence electrons. The van der Waals surface area contributed by atoms with E-state index in [9.17, 15) is 12.8 Å². The summed E-state index contributed by atoms with van der Waals surface area (Å²) in [4.78, 5) is -0.425. The van der Waals surface area contributed by atoms with Crippen LogP contribution in [0.15, 0.2) is 33.7 Å². The predicted molar refractivity (Wildman–Crippen MR) is 69.6 cm³/mol. The third kappa shape index (κ3) is 3.21. The van der Waals surface area contributed by atoms with Crippen molar-refractivity contribution in [3.63, 3.8) is 0 Å². The van der Waals surface area contributed by atoms with Crippen molar-refractivity contribution in [1.82, 2.24) is 9.88 Å². The van der Waals surface area contributed by atoms with Crippen molar-refractivity contribution in [3.8, 4) is 0 Å². The van der Waals surface area contributed by atoms with Crippen molar-refractivity contribution in [2.24, 2.45) is 5.73 Å². The van der Waals surface area contributed by atoms with Gasteiger partial charge in [-0.15, -0.1) is 0 Å². The van der Waals surface area contributed by atoms with Gasteiger partial charge in [-0.1, -0.05) is 11.2 Å². The SMILES string of the molecule is Cc1cc(CNS(=O)(=O)c2ccc(CN)cc2F)on1. The monoisotopic (exact) mass is 299 g/mol. The maximum Gasteiger partial charge on any atom is 0.243 e. The lowest BCUT2D eigenvalue weighted by atomic mass is 10.2. The van der Waals surface area contributed by atoms with Crippen molar-refractivity contribution in [3.05, 3.63) is 47.1 Å². The van der Waals surface area contributed by atoms with Crippen LogP contribution in [0, 0.1) is 12.7 Å². The van der Waals surface area contributed by atoms with Crippen LogP contribution in [0.5, 0.6) is 0 Å². The van der Waals surface area contributed by atoms with E-state index in [-0.39, 0.29) is 13.1 Å². The number of nitrogens with one attached hydrogen (secondary N) is 1. The predicted octanol–water partition coefficient (Wildman–Crippen LogP) is 1.06. The highest BCUT2D eigenvalue weighted by atomic mass is 32.2. The molecule has 0 saturated carbocycles. The van der Waals surface area contributed by atoms with Gasteiger partial charge >= 0.3 is 0 Å². The molecule has 0 amide bonds. The molecule has 2 rings (SSSR count). The Morgan fingerprint density at radius 3 is 2.70 bits per heavy atom. The molecule has 20 heavy (non-hydrogen) atoms. The van der Waals surface area contributed by atoms with Gasteiger partial charge in [0.25, 0.3) is 0 Å². The molecule has 0 unspecified atom stereocenters. The minimum absolute atomic E-state index is 0.0960. The van der Waals surface area contributed by atoms with Gasteiger partial charge in [0.15, 0.2) is 5.76 Å². The Hall–Kier alpha value is -1.77. The van der Waals surface area contributed by atoms with Crippen molar-refractivity contribution in [1.29, 1.82) is 0 Å². The van der Waals surface area contributed by atoms with E-state index in [1.807, 2.05) is 0 Å². The van der Waals surface area contributed by atoms with E-state index in [0.29, 0.717) is 17.0 Å². The van der Waals surface area contributed by atoms with E-state index in [1.54, 1.807) is 13.0 Å². The van der Waals surface area contributed by atoms with Gasteiger partial charge in [-0.05, 0) is 24.6 Å². The zero-order valence-electron chi connectivity index (χ0n) is 10.8. The molecule has 0 radical (unpaired) electrons. The molecule has 0 bridgehead atoms. The lowest BCUT2D eigenvalue weighted by molar-refractivity contribution is 0.377. The van der Waals surface area contributed by atoms with E-state index in [0.717, 1.165) is 6.07 Å². The van der Waals surface area contributed by atoms with Crippen LogP contribution < -0.4 is 10.5 Å². The molecule has 0 atom stereocenters. The van der Waals surface area contributed by atoms with Crippen LogP contribution in [0.2, 0.25) is 0 Å². The molecule has 0 aliphatic rings. The average molecular weight is 299 g/mol. The molecular weight excluding hydrogens is 285 g/mol. The summed E-state index contributed by atoms with van der Waals surface area (Å²) >= 11 is 0. The molecule has 2 aromatic rings. The molecular formula is C12H14FN3O3S. The molecule has 0 fully saturated rings. The number of nitrogens with zero attached hydrogens (tertiary/aromatic N) is 1. The number of rotatable bonds is 5. The van der Waals surface area contributed by atoms with E-state index in [2.05, 4.69) is 9.88 Å². The second-order valence-corrected chi connectivity index (χ2v) is 5.96. The van der Waals surface area contributed by atoms with Crippen LogP contribution in [0.4, 0.5) is 4.39 Å². The van der Waals surface area contributed by atoms with E-state index >= 15 is 0 Å². The van der Waals surface area contributed by atoms with E-state index < -0.39 is 20.7 Å². The van der Waals surface area contributed by atoms with Crippen LogP contribution in [-0.2, 0) is 23.1 Å². The molecule has 6 nitrogen and oxygen atoms in total. The Labute approximate surface area is 115 Å². The number of aryl methyl sites for hydroxylation is 1. The summed E-state index contributed by atoms with van der Waals surface area (Å²) in [5.74, 6) is -0.487. The van der Waals surface area contributed by atoms with E-state index in [1.165, 1.54) is 12.1 Å². The Morgan fingerprint density at radius 1 is 1.40 bits per heavy atom. The highest BCUT2D eigenvalue weighted by Crippen LogP contribution is 2.16. The molecule has 1 heterocycles. The minimum Gasteiger partial charge on any atom is -0.360 e. The smallest absolute Gasteiger partial charge is 0.243 e. The van der Waals surface area contributed by atoms with Crippen LogP contribution in [0.3, 0.4) is 0 Å². The van der Waals surface area contributed by atoms with Crippen LogP contribution >= 0.6 is 0 Å². The summed E-state index contributed by atoms with van der Waals surface area (Å²) in [6, 6.07) is 5.35. The second-order valence-electron chi connectivity index (χ2n) is 4.23. The number of sulfonamides is 1. The number of benzene rings is 1. The first kappa shape index (κ1) is 14.6. The first-order valence-electron chi connectivity index (χ1n) is 5.83. The molecule has 0 aliphatic heterocycles. The first-order chi connectivity index (χ1) is 9.42. The van der Waals surface area contributed by atoms with Gasteiger partial charge in [0.05, 0.1) is 12.2 Å². The summed E-state index contributed by atoms with van der Waals surface area (Å²) in [6.07, 6.45) is 0. The summed E-state index contributed by atoms with van der Waals surface area (Å²) in [5.41, 5.74) is 6.52. The van der Waals surface area contributed by atoms with Gasteiger partial charge < -0.3 is 10.3 Å². The fourth-order valence-corrected chi connectivity index (χ4v) is 2.68. The van der Waals surface area contributed by atoms with Crippen LogP contribution in [0.1, 0.15) is 17.0 Å².